The number of ether oxygens (including phenoxy) is 2. The van der Waals surface area contributed by atoms with Gasteiger partial charge in [-0.15, -0.1) is 0 Å². The molecular weight excluding hydrogens is 568 g/mol. The molecule has 3 rings (SSSR count). The van der Waals surface area contributed by atoms with Crippen molar-refractivity contribution in [1.82, 2.24) is 10.3 Å². The van der Waals surface area contributed by atoms with Crippen LogP contribution in [0.1, 0.15) is 41.4 Å². The number of rotatable bonds is 8. The van der Waals surface area contributed by atoms with Crippen molar-refractivity contribution in [3.8, 4) is 11.5 Å². The fraction of sp³-hybridized carbons (Fsp3) is 0.240. The van der Waals surface area contributed by atoms with Gasteiger partial charge in [-0.1, -0.05) is 56.1 Å². The van der Waals surface area contributed by atoms with Gasteiger partial charge in [-0.25, -0.2) is 9.78 Å². The Morgan fingerprint density at radius 2 is 1.47 bits per heavy atom. The first-order valence-corrected chi connectivity index (χ1v) is 12.0. The largest absolute Gasteiger partial charge is 0.503 e. The fourth-order valence-electron chi connectivity index (χ4n) is 3.52. The number of carbonyl (C=O) groups is 2. The number of amides is 1. The Labute approximate surface area is 214 Å². The van der Waals surface area contributed by atoms with Crippen LogP contribution in [0.3, 0.4) is 0 Å². The van der Waals surface area contributed by atoms with Crippen LogP contribution in [0.5, 0.6) is 11.5 Å². The highest BCUT2D eigenvalue weighted by molar-refractivity contribution is 9.10. The van der Waals surface area contributed by atoms with Crippen LogP contribution in [0.15, 0.2) is 69.7 Å². The Morgan fingerprint density at radius 1 is 0.941 bits per heavy atom. The first-order valence-electron chi connectivity index (χ1n) is 10.5. The van der Waals surface area contributed by atoms with E-state index in [0.717, 1.165) is 20.1 Å². The van der Waals surface area contributed by atoms with E-state index in [2.05, 4.69) is 42.2 Å². The van der Waals surface area contributed by atoms with Crippen LogP contribution >= 0.6 is 31.9 Å². The Bertz CT molecular complexity index is 1110. The molecule has 1 amide bonds. The quantitative estimate of drug-likeness (QED) is 0.349. The summed E-state index contributed by atoms with van der Waals surface area (Å²) >= 11 is 6.90. The van der Waals surface area contributed by atoms with Crippen LogP contribution in [0.2, 0.25) is 0 Å². The molecule has 7 nitrogen and oxygen atoms in total. The lowest BCUT2D eigenvalue weighted by molar-refractivity contribution is -0.150. The molecule has 0 aliphatic carbocycles. The maximum atomic E-state index is 12.8. The van der Waals surface area contributed by atoms with E-state index >= 15 is 0 Å². The number of esters is 1. The zero-order valence-electron chi connectivity index (χ0n) is 18.8. The zero-order chi connectivity index (χ0) is 24.8. The first-order chi connectivity index (χ1) is 16.2. The molecule has 3 aromatic rings. The van der Waals surface area contributed by atoms with E-state index in [0.29, 0.717) is 0 Å². The van der Waals surface area contributed by atoms with Crippen LogP contribution in [-0.4, -0.2) is 41.2 Å². The number of hydrogen-bond acceptors (Lipinski definition) is 6. The molecule has 0 bridgehead atoms. The summed E-state index contributed by atoms with van der Waals surface area (Å²) in [7, 11) is 1.37. The maximum absolute atomic E-state index is 12.8. The summed E-state index contributed by atoms with van der Waals surface area (Å²) in [6.45, 7) is 3.33. The summed E-state index contributed by atoms with van der Waals surface area (Å²) in [5, 5.41) is 12.7. The minimum atomic E-state index is -0.974. The number of carbonyl (C=O) groups excluding carboxylic acids is 2. The van der Waals surface area contributed by atoms with Crippen LogP contribution in [0.25, 0.3) is 0 Å². The third-order valence-electron chi connectivity index (χ3n) is 5.25. The van der Waals surface area contributed by atoms with E-state index in [4.69, 9.17) is 9.47 Å². The lowest BCUT2D eigenvalue weighted by atomic mass is 9.87. The van der Waals surface area contributed by atoms with E-state index in [1.165, 1.54) is 26.3 Å². The van der Waals surface area contributed by atoms with Crippen molar-refractivity contribution in [2.45, 2.75) is 31.9 Å². The van der Waals surface area contributed by atoms with Crippen LogP contribution in [0, 0.1) is 0 Å². The molecule has 0 aliphatic heterocycles. The number of hydrogen-bond donors (Lipinski definition) is 2. The van der Waals surface area contributed by atoms with E-state index in [-0.39, 0.29) is 17.4 Å². The van der Waals surface area contributed by atoms with Crippen molar-refractivity contribution in [3.05, 3.63) is 86.6 Å². The molecule has 2 N–H and O–H groups in total. The summed E-state index contributed by atoms with van der Waals surface area (Å²) in [4.78, 5) is 29.3. The smallest absolute Gasteiger partial charge is 0.328 e. The van der Waals surface area contributed by atoms with Gasteiger partial charge < -0.3 is 19.9 Å². The molecule has 0 radical (unpaired) electrons. The number of nitrogens with one attached hydrogen (secondary N) is 1. The number of pyridine rings is 1. The minimum absolute atomic E-state index is 0.107. The van der Waals surface area contributed by atoms with E-state index in [1.807, 2.05) is 55.5 Å². The molecule has 34 heavy (non-hydrogen) atoms. The Morgan fingerprint density at radius 3 is 1.97 bits per heavy atom. The lowest BCUT2D eigenvalue weighted by Gasteiger charge is -2.26. The van der Waals surface area contributed by atoms with Gasteiger partial charge in [-0.05, 0) is 49.2 Å². The second-order valence-electron chi connectivity index (χ2n) is 7.63. The highest BCUT2D eigenvalue weighted by Gasteiger charge is 2.28. The monoisotopic (exact) mass is 590 g/mol. The normalized spacial score (nSPS) is 12.6. The lowest BCUT2D eigenvalue weighted by Crippen LogP contribution is -2.41. The van der Waals surface area contributed by atoms with Crippen molar-refractivity contribution in [2.75, 3.05) is 7.11 Å². The number of aromatic hydroxyl groups is 1. The van der Waals surface area contributed by atoms with Crippen molar-refractivity contribution in [3.63, 3.8) is 0 Å². The summed E-state index contributed by atoms with van der Waals surface area (Å²) in [5.41, 5.74) is 1.72. The van der Waals surface area contributed by atoms with Gasteiger partial charge in [0, 0.05) is 27.1 Å². The summed E-state index contributed by atoms with van der Waals surface area (Å²) in [6, 6.07) is 16.1. The molecule has 0 aliphatic rings. The first kappa shape index (κ1) is 25.7. The summed E-state index contributed by atoms with van der Waals surface area (Å²) < 4.78 is 12.7. The highest BCUT2D eigenvalue weighted by Crippen LogP contribution is 2.32. The van der Waals surface area contributed by atoms with Crippen LogP contribution < -0.4 is 10.1 Å². The average Bonchev–Trinajstić information content (AvgIpc) is 2.81. The van der Waals surface area contributed by atoms with Gasteiger partial charge in [0.05, 0.1) is 7.11 Å². The summed E-state index contributed by atoms with van der Waals surface area (Å²) in [6.07, 6.45) is 0.803. The average molecular weight is 592 g/mol. The molecule has 0 spiro atoms. The van der Waals surface area contributed by atoms with Gasteiger partial charge in [-0.2, -0.15) is 0 Å². The van der Waals surface area contributed by atoms with Gasteiger partial charge in [0.2, 0.25) is 0 Å². The predicted octanol–water partition coefficient (Wildman–Crippen LogP) is 5.20. The number of benzene rings is 2. The number of nitrogens with zero attached hydrogens (tertiary/aromatic N) is 1. The topological polar surface area (TPSA) is 97.8 Å². The van der Waals surface area contributed by atoms with Crippen LogP contribution in [0.4, 0.5) is 0 Å². The van der Waals surface area contributed by atoms with Gasteiger partial charge in [0.25, 0.3) is 5.91 Å². The van der Waals surface area contributed by atoms with E-state index in [1.54, 1.807) is 0 Å². The Kier molecular flexibility index (Phi) is 8.68. The van der Waals surface area contributed by atoms with Crippen molar-refractivity contribution in [2.24, 2.45) is 0 Å². The molecule has 2 aromatic carbocycles. The van der Waals surface area contributed by atoms with E-state index in [9.17, 15) is 14.7 Å². The second-order valence-corrected chi connectivity index (χ2v) is 9.46. The third kappa shape index (κ3) is 6.15. The number of aromatic nitrogens is 1. The zero-order valence-corrected chi connectivity index (χ0v) is 22.0. The number of methoxy groups -OCH3 is 1. The standard InChI is InChI=1S/C25H24Br2N2O5/c1-14(29-24(31)22-23(30)20(33-3)12-13-28-22)25(32)34-15(2)21(16-4-8-18(26)9-5-16)17-6-10-19(27)11-7-17/h4-15,21,30H,1-3H3,(H,29,31)/t14-,15-/m0/s1. The Balaban J connectivity index is 1.76. The van der Waals surface area contributed by atoms with Gasteiger partial charge in [0.1, 0.15) is 12.1 Å². The van der Waals surface area contributed by atoms with Crippen molar-refractivity contribution >= 4 is 43.7 Å². The van der Waals surface area contributed by atoms with Gasteiger partial charge in [-0.3, -0.25) is 4.79 Å². The molecule has 178 valence electrons. The molecule has 2 atom stereocenters. The van der Waals surface area contributed by atoms with Crippen molar-refractivity contribution < 1.29 is 24.2 Å². The molecule has 0 fully saturated rings. The van der Waals surface area contributed by atoms with Gasteiger partial charge in [0.15, 0.2) is 17.2 Å². The molecule has 1 aromatic heterocycles. The number of halogens is 2. The molecule has 0 saturated carbocycles. The molecule has 0 saturated heterocycles. The fourth-order valence-corrected chi connectivity index (χ4v) is 4.05. The Hall–Kier alpha value is -2.91. The van der Waals surface area contributed by atoms with Crippen LogP contribution in [-0.2, 0) is 9.53 Å². The summed E-state index contributed by atoms with van der Waals surface area (Å²) in [5.74, 6) is -1.84. The molecule has 1 heterocycles. The van der Waals surface area contributed by atoms with E-state index < -0.39 is 29.8 Å². The minimum Gasteiger partial charge on any atom is -0.503 e. The predicted molar refractivity (Wildman–Crippen MR) is 135 cm³/mol. The molecule has 9 heteroatoms. The third-order valence-corrected chi connectivity index (χ3v) is 6.31. The SMILES string of the molecule is COc1ccnc(C(=O)N[C@@H](C)C(=O)O[C@@H](C)C(c2ccc(Br)cc2)c2ccc(Br)cc2)c1O. The maximum Gasteiger partial charge on any atom is 0.328 e. The molecular formula is C25H24Br2N2O5. The second kappa shape index (κ2) is 11.5. The van der Waals surface area contributed by atoms with Crippen molar-refractivity contribution in [1.29, 1.82) is 0 Å². The molecule has 0 unspecified atom stereocenters. The van der Waals surface area contributed by atoms with Gasteiger partial charge >= 0.3 is 5.97 Å². The highest BCUT2D eigenvalue weighted by atomic mass is 79.9.